The van der Waals surface area contributed by atoms with Gasteiger partial charge < -0.3 is 20.1 Å². The van der Waals surface area contributed by atoms with Crippen LogP contribution in [0.2, 0.25) is 0 Å². The molecule has 30 heavy (non-hydrogen) atoms. The van der Waals surface area contributed by atoms with Crippen LogP contribution in [0.25, 0.3) is 0 Å². The van der Waals surface area contributed by atoms with Crippen LogP contribution in [0.1, 0.15) is 34.6 Å². The second kappa shape index (κ2) is 11.6. The molecule has 0 spiro atoms. The van der Waals surface area contributed by atoms with Crippen LogP contribution >= 0.6 is 28.1 Å². The van der Waals surface area contributed by atoms with E-state index in [1.807, 2.05) is 13.8 Å². The van der Waals surface area contributed by atoms with Crippen molar-refractivity contribution in [3.63, 3.8) is 0 Å². The fraction of sp³-hybridized carbons (Fsp3) is 0.286. The molecule has 2 rings (SSSR count). The van der Waals surface area contributed by atoms with Gasteiger partial charge in [0.25, 0.3) is 11.8 Å². The molecule has 3 N–H and O–H groups in total. The molecule has 0 radical (unpaired) electrons. The number of carbonyl (C=O) groups is 2. The number of methoxy groups -OCH3 is 1. The zero-order valence-corrected chi connectivity index (χ0v) is 19.4. The van der Waals surface area contributed by atoms with E-state index >= 15 is 0 Å². The van der Waals surface area contributed by atoms with Crippen LogP contribution in [0, 0.1) is 0 Å². The number of carbonyl (C=O) groups excluding carboxylic acids is 2. The summed E-state index contributed by atoms with van der Waals surface area (Å²) in [5.74, 6) is -0.248. The Morgan fingerprint density at radius 2 is 1.83 bits per heavy atom. The van der Waals surface area contributed by atoms with Crippen molar-refractivity contribution in [1.29, 1.82) is 0 Å². The predicted octanol–water partition coefficient (Wildman–Crippen LogP) is 3.74. The van der Waals surface area contributed by atoms with Crippen molar-refractivity contribution < 1.29 is 19.1 Å². The minimum absolute atomic E-state index is 0.0626. The number of hydrogen-bond acceptors (Lipinski definition) is 5. The summed E-state index contributed by atoms with van der Waals surface area (Å²) in [5, 5.41) is 8.36. The van der Waals surface area contributed by atoms with Gasteiger partial charge in [0.1, 0.15) is 5.75 Å². The van der Waals surface area contributed by atoms with Crippen LogP contribution in [0.3, 0.4) is 0 Å². The van der Waals surface area contributed by atoms with Gasteiger partial charge in [-0.2, -0.15) is 0 Å². The van der Waals surface area contributed by atoms with Crippen LogP contribution < -0.4 is 20.7 Å². The van der Waals surface area contributed by atoms with E-state index < -0.39 is 5.91 Å². The molecular formula is C21H24BrN3O4S. The lowest BCUT2D eigenvalue weighted by Gasteiger charge is -2.16. The van der Waals surface area contributed by atoms with Crippen LogP contribution in [-0.2, 0) is 4.74 Å². The molecule has 0 atom stereocenters. The molecule has 0 saturated carbocycles. The highest BCUT2D eigenvalue weighted by Crippen LogP contribution is 2.24. The average molecular weight is 494 g/mol. The van der Waals surface area contributed by atoms with Gasteiger partial charge in [0, 0.05) is 18.1 Å². The number of halogens is 1. The molecule has 0 heterocycles. The molecule has 2 aromatic rings. The summed E-state index contributed by atoms with van der Waals surface area (Å²) in [6, 6.07) is 12.1. The molecule has 0 aromatic heterocycles. The molecule has 0 saturated heterocycles. The lowest BCUT2D eigenvalue weighted by molar-refractivity contribution is 0.0936. The number of hydrogen-bond donors (Lipinski definition) is 3. The lowest BCUT2D eigenvalue weighted by atomic mass is 10.1. The first-order valence-corrected chi connectivity index (χ1v) is 10.5. The molecule has 0 bridgehead atoms. The van der Waals surface area contributed by atoms with E-state index in [0.29, 0.717) is 35.7 Å². The van der Waals surface area contributed by atoms with Crippen molar-refractivity contribution in [3.8, 4) is 5.75 Å². The van der Waals surface area contributed by atoms with E-state index in [1.54, 1.807) is 49.6 Å². The first-order valence-electron chi connectivity index (χ1n) is 9.26. The summed E-state index contributed by atoms with van der Waals surface area (Å²) in [6.45, 7) is 4.55. The normalized spacial score (nSPS) is 10.4. The van der Waals surface area contributed by atoms with E-state index in [1.165, 1.54) is 0 Å². The van der Waals surface area contributed by atoms with E-state index in [4.69, 9.17) is 21.7 Å². The van der Waals surface area contributed by atoms with Crippen LogP contribution in [-0.4, -0.2) is 43.3 Å². The Balaban J connectivity index is 2.11. The molecule has 160 valence electrons. The molecule has 2 aromatic carbocycles. The van der Waals surface area contributed by atoms with Crippen molar-refractivity contribution in [3.05, 3.63) is 58.1 Å². The number of thiocarbonyl (C=S) groups is 1. The maximum atomic E-state index is 12.8. The number of ether oxygens (including phenoxy) is 2. The molecule has 0 aliphatic carbocycles. The van der Waals surface area contributed by atoms with E-state index in [2.05, 4.69) is 31.9 Å². The standard InChI is InChI=1S/C21H24BrN3O4S/c1-13(2)29-18-9-8-14(22)12-16(18)20(27)25-21(30)24-17-7-5-4-6-15(17)19(26)23-10-11-28-3/h4-9,12-13H,10-11H2,1-3H3,(H,23,26)(H2,24,25,27,30). The quantitative estimate of drug-likeness (QED) is 0.383. The van der Waals surface area contributed by atoms with Crippen molar-refractivity contribution in [2.24, 2.45) is 0 Å². The summed E-state index contributed by atoms with van der Waals surface area (Å²) < 4.78 is 11.4. The monoisotopic (exact) mass is 493 g/mol. The number of benzene rings is 2. The first kappa shape index (κ1) is 23.8. The zero-order chi connectivity index (χ0) is 22.1. The van der Waals surface area contributed by atoms with E-state index in [9.17, 15) is 9.59 Å². The number of anilines is 1. The number of para-hydroxylation sites is 1. The molecule has 9 heteroatoms. The van der Waals surface area contributed by atoms with E-state index in [0.717, 1.165) is 4.47 Å². The molecule has 7 nitrogen and oxygen atoms in total. The number of amides is 2. The first-order chi connectivity index (χ1) is 14.3. The molecule has 0 aliphatic rings. The van der Waals surface area contributed by atoms with Gasteiger partial charge >= 0.3 is 0 Å². The fourth-order valence-corrected chi connectivity index (χ4v) is 3.08. The summed E-state index contributed by atoms with van der Waals surface area (Å²) in [4.78, 5) is 25.2. The average Bonchev–Trinajstić information content (AvgIpc) is 2.69. The summed E-state index contributed by atoms with van der Waals surface area (Å²) >= 11 is 8.65. The maximum Gasteiger partial charge on any atom is 0.261 e. The van der Waals surface area contributed by atoms with Crippen LogP contribution in [0.15, 0.2) is 46.9 Å². The summed E-state index contributed by atoms with van der Waals surface area (Å²) in [6.07, 6.45) is -0.0914. The second-order valence-electron chi connectivity index (χ2n) is 6.51. The third kappa shape index (κ3) is 7.08. The Morgan fingerprint density at radius 1 is 1.10 bits per heavy atom. The van der Waals surface area contributed by atoms with Gasteiger partial charge in [-0.05, 0) is 56.4 Å². The molecule has 2 amide bonds. The summed E-state index contributed by atoms with van der Waals surface area (Å²) in [5.41, 5.74) is 1.22. The third-order valence-electron chi connectivity index (χ3n) is 3.79. The van der Waals surface area contributed by atoms with Gasteiger partial charge in [-0.15, -0.1) is 0 Å². The fourth-order valence-electron chi connectivity index (χ4n) is 2.51. The van der Waals surface area contributed by atoms with Gasteiger partial charge in [0.15, 0.2) is 5.11 Å². The van der Waals surface area contributed by atoms with Gasteiger partial charge in [-0.25, -0.2) is 0 Å². The summed E-state index contributed by atoms with van der Waals surface area (Å²) in [7, 11) is 1.56. The smallest absolute Gasteiger partial charge is 0.261 e. The third-order valence-corrected chi connectivity index (χ3v) is 4.48. The Hall–Kier alpha value is -2.49. The Morgan fingerprint density at radius 3 is 2.53 bits per heavy atom. The molecule has 0 unspecified atom stereocenters. The van der Waals surface area contributed by atoms with Crippen molar-refractivity contribution in [2.75, 3.05) is 25.6 Å². The van der Waals surface area contributed by atoms with Crippen LogP contribution in [0.5, 0.6) is 5.75 Å². The van der Waals surface area contributed by atoms with E-state index in [-0.39, 0.29) is 17.1 Å². The molecule has 0 fully saturated rings. The van der Waals surface area contributed by atoms with Gasteiger partial charge in [0.2, 0.25) is 0 Å². The predicted molar refractivity (Wildman–Crippen MR) is 124 cm³/mol. The zero-order valence-electron chi connectivity index (χ0n) is 17.0. The van der Waals surface area contributed by atoms with Crippen molar-refractivity contribution in [2.45, 2.75) is 20.0 Å². The maximum absolute atomic E-state index is 12.8. The SMILES string of the molecule is COCCNC(=O)c1ccccc1NC(=S)NC(=O)c1cc(Br)ccc1OC(C)C. The topological polar surface area (TPSA) is 88.7 Å². The minimum Gasteiger partial charge on any atom is -0.490 e. The Labute approximate surface area is 189 Å². The van der Waals surface area contributed by atoms with Crippen molar-refractivity contribution >= 4 is 50.8 Å². The highest BCUT2D eigenvalue weighted by Gasteiger charge is 2.17. The van der Waals surface area contributed by atoms with Gasteiger partial charge in [0.05, 0.1) is 29.5 Å². The minimum atomic E-state index is -0.425. The molecular weight excluding hydrogens is 470 g/mol. The molecule has 0 aliphatic heterocycles. The Kier molecular flexibility index (Phi) is 9.22. The van der Waals surface area contributed by atoms with Crippen molar-refractivity contribution in [1.82, 2.24) is 10.6 Å². The highest BCUT2D eigenvalue weighted by molar-refractivity contribution is 9.10. The largest absolute Gasteiger partial charge is 0.490 e. The number of rotatable bonds is 8. The lowest BCUT2D eigenvalue weighted by Crippen LogP contribution is -2.35. The van der Waals surface area contributed by atoms with Gasteiger partial charge in [-0.1, -0.05) is 28.1 Å². The highest BCUT2D eigenvalue weighted by atomic mass is 79.9. The van der Waals surface area contributed by atoms with Gasteiger partial charge in [-0.3, -0.25) is 14.9 Å². The second-order valence-corrected chi connectivity index (χ2v) is 7.83. The van der Waals surface area contributed by atoms with Crippen LogP contribution in [0.4, 0.5) is 5.69 Å². The Bertz CT molecular complexity index is 921. The number of nitrogens with one attached hydrogen (secondary N) is 3.